The molecule has 0 unspecified atom stereocenters. The van der Waals surface area contributed by atoms with Crippen molar-refractivity contribution in [2.75, 3.05) is 0 Å². The lowest BCUT2D eigenvalue weighted by Gasteiger charge is -1.91. The van der Waals surface area contributed by atoms with Gasteiger partial charge in [0, 0.05) is 11.1 Å². The first kappa shape index (κ1) is 7.55. The number of aromatic amines is 1. The number of aryl methyl sites for hydroxylation is 2. The summed E-state index contributed by atoms with van der Waals surface area (Å²) >= 11 is 5.88. The van der Waals surface area contributed by atoms with Crippen molar-refractivity contribution in [2.45, 2.75) is 13.8 Å². The minimum Gasteiger partial charge on any atom is -0.357 e. The van der Waals surface area contributed by atoms with Crippen molar-refractivity contribution in [3.05, 3.63) is 22.6 Å². The van der Waals surface area contributed by atoms with E-state index in [4.69, 9.17) is 11.6 Å². The fourth-order valence-corrected chi connectivity index (χ4v) is 1.58. The highest BCUT2D eigenvalue weighted by molar-refractivity contribution is 6.34. The van der Waals surface area contributed by atoms with Crippen molar-refractivity contribution in [2.24, 2.45) is 0 Å². The molecule has 2 rings (SSSR count). The number of nitrogens with zero attached hydrogens (tertiary/aromatic N) is 2. The molecule has 0 saturated carbocycles. The van der Waals surface area contributed by atoms with E-state index in [2.05, 4.69) is 15.2 Å². The SMILES string of the molecule is Cc1[nH]c2cnnc(Cl)c2c1C. The first-order valence-corrected chi connectivity index (χ1v) is 4.04. The van der Waals surface area contributed by atoms with Crippen molar-refractivity contribution in [1.82, 2.24) is 15.2 Å². The van der Waals surface area contributed by atoms with Crippen molar-refractivity contribution >= 4 is 22.5 Å². The highest BCUT2D eigenvalue weighted by atomic mass is 35.5. The zero-order valence-corrected chi connectivity index (χ0v) is 7.61. The van der Waals surface area contributed by atoms with Gasteiger partial charge in [-0.3, -0.25) is 0 Å². The molecule has 0 radical (unpaired) electrons. The van der Waals surface area contributed by atoms with Crippen LogP contribution in [-0.4, -0.2) is 15.2 Å². The zero-order chi connectivity index (χ0) is 8.72. The van der Waals surface area contributed by atoms with Crippen LogP contribution in [0.2, 0.25) is 5.15 Å². The maximum Gasteiger partial charge on any atom is 0.161 e. The van der Waals surface area contributed by atoms with Crippen LogP contribution in [0.3, 0.4) is 0 Å². The molecule has 0 bridgehead atoms. The summed E-state index contributed by atoms with van der Waals surface area (Å²) in [6.45, 7) is 4.02. The third-order valence-corrected chi connectivity index (χ3v) is 2.33. The zero-order valence-electron chi connectivity index (χ0n) is 6.85. The van der Waals surface area contributed by atoms with Crippen LogP contribution in [0, 0.1) is 13.8 Å². The van der Waals surface area contributed by atoms with Crippen LogP contribution in [0.5, 0.6) is 0 Å². The van der Waals surface area contributed by atoms with Crippen LogP contribution in [0.15, 0.2) is 6.20 Å². The van der Waals surface area contributed by atoms with Gasteiger partial charge < -0.3 is 4.98 Å². The molecule has 4 heteroatoms. The lowest BCUT2D eigenvalue weighted by atomic mass is 10.2. The number of fused-ring (bicyclic) bond motifs is 1. The molecule has 2 aromatic heterocycles. The highest BCUT2D eigenvalue weighted by Gasteiger charge is 2.08. The summed E-state index contributed by atoms with van der Waals surface area (Å²) in [4.78, 5) is 3.18. The van der Waals surface area contributed by atoms with E-state index in [1.54, 1.807) is 6.20 Å². The fraction of sp³-hybridized carbons (Fsp3) is 0.250. The topological polar surface area (TPSA) is 41.6 Å². The quantitative estimate of drug-likeness (QED) is 0.677. The van der Waals surface area contributed by atoms with Crippen LogP contribution >= 0.6 is 11.6 Å². The molecule has 0 amide bonds. The van der Waals surface area contributed by atoms with E-state index in [1.165, 1.54) is 0 Å². The first-order chi connectivity index (χ1) is 5.70. The Morgan fingerprint density at radius 3 is 2.83 bits per heavy atom. The van der Waals surface area contributed by atoms with Gasteiger partial charge >= 0.3 is 0 Å². The van der Waals surface area contributed by atoms with Gasteiger partial charge in [-0.25, -0.2) is 0 Å². The summed E-state index contributed by atoms with van der Waals surface area (Å²) in [7, 11) is 0. The van der Waals surface area contributed by atoms with Gasteiger partial charge in [0.2, 0.25) is 0 Å². The summed E-state index contributed by atoms with van der Waals surface area (Å²) < 4.78 is 0. The summed E-state index contributed by atoms with van der Waals surface area (Å²) in [5.74, 6) is 0. The molecule has 0 atom stereocenters. The van der Waals surface area contributed by atoms with Crippen LogP contribution < -0.4 is 0 Å². The maximum atomic E-state index is 5.88. The largest absolute Gasteiger partial charge is 0.357 e. The van der Waals surface area contributed by atoms with E-state index in [1.807, 2.05) is 13.8 Å². The second-order valence-electron chi connectivity index (χ2n) is 2.80. The summed E-state index contributed by atoms with van der Waals surface area (Å²) in [6.07, 6.45) is 1.68. The van der Waals surface area contributed by atoms with E-state index in [0.717, 1.165) is 22.2 Å². The first-order valence-electron chi connectivity index (χ1n) is 3.66. The Bertz CT molecular complexity index is 433. The number of rotatable bonds is 0. The minimum absolute atomic E-state index is 0.467. The molecule has 0 aromatic carbocycles. The predicted molar refractivity (Wildman–Crippen MR) is 48.4 cm³/mol. The lowest BCUT2D eigenvalue weighted by molar-refractivity contribution is 1.05. The maximum absolute atomic E-state index is 5.88. The Hall–Kier alpha value is -1.09. The van der Waals surface area contributed by atoms with Gasteiger partial charge in [-0.1, -0.05) is 11.6 Å². The number of hydrogen-bond acceptors (Lipinski definition) is 2. The van der Waals surface area contributed by atoms with Crippen LogP contribution in [-0.2, 0) is 0 Å². The van der Waals surface area contributed by atoms with E-state index < -0.39 is 0 Å². The summed E-state index contributed by atoms with van der Waals surface area (Å²) in [5, 5.41) is 8.97. The Labute approximate surface area is 74.8 Å². The molecular weight excluding hydrogens is 174 g/mol. The summed E-state index contributed by atoms with van der Waals surface area (Å²) in [5.41, 5.74) is 3.21. The molecule has 0 fully saturated rings. The summed E-state index contributed by atoms with van der Waals surface area (Å²) in [6, 6.07) is 0. The average Bonchev–Trinajstić information content (AvgIpc) is 2.29. The van der Waals surface area contributed by atoms with E-state index in [-0.39, 0.29) is 0 Å². The second-order valence-corrected chi connectivity index (χ2v) is 3.16. The smallest absolute Gasteiger partial charge is 0.161 e. The molecule has 62 valence electrons. The van der Waals surface area contributed by atoms with E-state index in [9.17, 15) is 0 Å². The number of hydrogen-bond donors (Lipinski definition) is 1. The molecule has 12 heavy (non-hydrogen) atoms. The second kappa shape index (κ2) is 2.45. The van der Waals surface area contributed by atoms with E-state index >= 15 is 0 Å². The average molecular weight is 182 g/mol. The van der Waals surface area contributed by atoms with E-state index in [0.29, 0.717) is 5.15 Å². The van der Waals surface area contributed by atoms with Gasteiger partial charge in [-0.05, 0) is 19.4 Å². The van der Waals surface area contributed by atoms with Crippen molar-refractivity contribution in [3.8, 4) is 0 Å². The standard InChI is InChI=1S/C8H8ClN3/c1-4-5(2)11-6-3-10-12-8(9)7(4)6/h3,11H,1-2H3. The number of H-pyrrole nitrogens is 1. The van der Waals surface area contributed by atoms with Gasteiger partial charge in [-0.15, -0.1) is 5.10 Å². The van der Waals surface area contributed by atoms with Crippen LogP contribution in [0.1, 0.15) is 11.3 Å². The van der Waals surface area contributed by atoms with Crippen molar-refractivity contribution in [1.29, 1.82) is 0 Å². The van der Waals surface area contributed by atoms with Crippen molar-refractivity contribution in [3.63, 3.8) is 0 Å². The molecule has 2 aromatic rings. The Morgan fingerprint density at radius 2 is 2.17 bits per heavy atom. The van der Waals surface area contributed by atoms with Gasteiger partial charge in [0.15, 0.2) is 5.15 Å². The minimum atomic E-state index is 0.467. The lowest BCUT2D eigenvalue weighted by Crippen LogP contribution is -1.81. The van der Waals surface area contributed by atoms with Gasteiger partial charge in [0.1, 0.15) is 0 Å². The molecule has 0 aliphatic carbocycles. The fourth-order valence-electron chi connectivity index (χ4n) is 1.30. The molecule has 0 aliphatic rings. The number of nitrogens with one attached hydrogen (secondary N) is 1. The van der Waals surface area contributed by atoms with Crippen molar-refractivity contribution < 1.29 is 0 Å². The molecule has 1 N–H and O–H groups in total. The Balaban J connectivity index is 2.97. The third kappa shape index (κ3) is 0.898. The molecule has 3 nitrogen and oxygen atoms in total. The normalized spacial score (nSPS) is 10.9. The third-order valence-electron chi connectivity index (χ3n) is 2.07. The predicted octanol–water partition coefficient (Wildman–Crippen LogP) is 2.23. The molecular formula is C8H8ClN3. The van der Waals surface area contributed by atoms with Crippen LogP contribution in [0.25, 0.3) is 10.9 Å². The van der Waals surface area contributed by atoms with Gasteiger partial charge in [0.25, 0.3) is 0 Å². The molecule has 0 aliphatic heterocycles. The molecule has 0 spiro atoms. The highest BCUT2D eigenvalue weighted by Crippen LogP contribution is 2.25. The van der Waals surface area contributed by atoms with Crippen LogP contribution in [0.4, 0.5) is 0 Å². The monoisotopic (exact) mass is 181 g/mol. The van der Waals surface area contributed by atoms with Gasteiger partial charge in [-0.2, -0.15) is 5.10 Å². The number of aromatic nitrogens is 3. The Morgan fingerprint density at radius 1 is 1.42 bits per heavy atom. The van der Waals surface area contributed by atoms with Gasteiger partial charge in [0.05, 0.1) is 11.7 Å². The Kier molecular flexibility index (Phi) is 1.54. The molecule has 0 saturated heterocycles. The molecule has 2 heterocycles. The number of halogens is 1.